The molecule has 0 aliphatic carbocycles. The molecule has 4 saturated heterocycles. The molecule has 36 heteroatoms. The third-order valence-electron chi connectivity index (χ3n) is 28.1. The van der Waals surface area contributed by atoms with Crippen molar-refractivity contribution in [3.05, 3.63) is 0 Å². The second-order valence-corrected chi connectivity index (χ2v) is 41.3. The molecule has 0 saturated carbocycles. The number of aliphatic hydroxyl groups is 12. The van der Waals surface area contributed by atoms with Crippen molar-refractivity contribution in [1.29, 1.82) is 0 Å². The fraction of sp³-hybridized carbons (Fsp3) is 0.962. The first-order valence-corrected chi connectivity index (χ1v) is 56.3. The first-order chi connectivity index (χ1) is 67.8. The molecule has 0 aromatic heterocycles. The van der Waals surface area contributed by atoms with Gasteiger partial charge >= 0.3 is 23.9 Å². The number of hydrogen-bond acceptors (Lipinski definition) is 36. The van der Waals surface area contributed by atoms with Crippen LogP contribution < -0.4 is 0 Å². The molecule has 4 fully saturated rings. The molecule has 0 amide bonds. The highest BCUT2D eigenvalue weighted by Gasteiger charge is 2.57. The van der Waals surface area contributed by atoms with Gasteiger partial charge in [0.2, 0.25) is 12.6 Å². The molecule has 0 aromatic rings. The maximum atomic E-state index is 14.0. The smallest absolute Gasteiger partial charge is 0.309 e. The van der Waals surface area contributed by atoms with Crippen LogP contribution in [0.5, 0.6) is 0 Å². The molecular formula is C104H196O34S2. The number of aliphatic hydroxyl groups excluding tert-OH is 12. The molecular weight excluding hydrogens is 1860 g/mol. The normalized spacial score (nSPS) is 26.4. The van der Waals surface area contributed by atoms with Crippen molar-refractivity contribution in [3.63, 3.8) is 0 Å². The van der Waals surface area contributed by atoms with Gasteiger partial charge in [0.05, 0.1) is 56.4 Å². The van der Waals surface area contributed by atoms with Crippen molar-refractivity contribution < 1.29 is 165 Å². The van der Waals surface area contributed by atoms with Gasteiger partial charge in [-0.2, -0.15) is 0 Å². The second-order valence-electron chi connectivity index (χ2n) is 40.4. The van der Waals surface area contributed by atoms with Gasteiger partial charge < -0.3 is 109 Å². The van der Waals surface area contributed by atoms with E-state index >= 15 is 0 Å². The molecule has 140 heavy (non-hydrogen) atoms. The molecule has 4 heterocycles. The summed E-state index contributed by atoms with van der Waals surface area (Å²) < 4.78 is 78.4. The Morgan fingerprint density at radius 3 is 0.779 bits per heavy atom. The van der Waals surface area contributed by atoms with E-state index in [1.54, 1.807) is 20.8 Å². The second kappa shape index (κ2) is 84.3. The van der Waals surface area contributed by atoms with E-state index in [9.17, 15) is 80.5 Å². The molecule has 828 valence electrons. The number of hydrogen-bond donors (Lipinski definition) is 14. The molecule has 4 aliphatic heterocycles. The maximum absolute atomic E-state index is 14.0. The van der Waals surface area contributed by atoms with E-state index < -0.39 is 203 Å². The van der Waals surface area contributed by atoms with Crippen molar-refractivity contribution in [3.8, 4) is 0 Å². The Hall–Kier alpha value is -2.46. The average Bonchev–Trinajstić information content (AvgIpc) is 0.777. The van der Waals surface area contributed by atoms with Gasteiger partial charge in [0.15, 0.2) is 73.9 Å². The predicted octanol–water partition coefficient (Wildman–Crippen LogP) is 18.8. The third kappa shape index (κ3) is 55.9. The van der Waals surface area contributed by atoms with Gasteiger partial charge in [0, 0.05) is 6.42 Å². The zero-order valence-corrected chi connectivity index (χ0v) is 88.7. The minimum absolute atomic E-state index is 0.00930. The van der Waals surface area contributed by atoms with Crippen molar-refractivity contribution in [2.24, 2.45) is 29.6 Å². The lowest BCUT2D eigenvalue weighted by Gasteiger charge is -2.46. The van der Waals surface area contributed by atoms with Crippen LogP contribution in [0.15, 0.2) is 0 Å². The molecule has 0 spiro atoms. The minimum atomic E-state index is -1.79. The van der Waals surface area contributed by atoms with Gasteiger partial charge in [-0.3, -0.25) is 27.5 Å². The summed E-state index contributed by atoms with van der Waals surface area (Å²) in [5.74, 6) is -5.60. The van der Waals surface area contributed by atoms with Gasteiger partial charge in [-0.15, -0.1) is 8.67 Å². The van der Waals surface area contributed by atoms with Crippen LogP contribution in [-0.2, 0) is 93.7 Å². The Kier molecular flexibility index (Phi) is 79.3. The molecule has 4 aliphatic rings. The molecule has 27 unspecified atom stereocenters. The Labute approximate surface area is 848 Å². The zero-order chi connectivity index (χ0) is 103. The summed E-state index contributed by atoms with van der Waals surface area (Å²) in [6, 6.07) is 0. The number of ether oxygens (including phenoxy) is 10. The highest BCUT2D eigenvalue weighted by atomic mass is 32.2. The van der Waals surface area contributed by atoms with Crippen LogP contribution >= 0.6 is 24.6 Å². The Morgan fingerprint density at radius 1 is 0.279 bits per heavy atom. The minimum Gasteiger partial charge on any atom is -0.455 e. The van der Waals surface area contributed by atoms with Gasteiger partial charge in [0.1, 0.15) is 61.0 Å². The largest absolute Gasteiger partial charge is 0.455 e. The lowest BCUT2D eigenvalue weighted by molar-refractivity contribution is -0.435. The molecule has 0 bridgehead atoms. The third-order valence-corrected chi connectivity index (χ3v) is 29.0. The Bertz CT molecular complexity index is 2930. The number of unbranched alkanes of at least 4 members (excludes halogenated alkanes) is 50. The van der Waals surface area contributed by atoms with Crippen LogP contribution in [0.4, 0.5) is 0 Å². The first-order valence-electron chi connectivity index (χ1n) is 55.0. The lowest BCUT2D eigenvalue weighted by Crippen LogP contribution is -2.65. The van der Waals surface area contributed by atoms with Gasteiger partial charge in [-0.1, -0.05) is 413 Å². The lowest BCUT2D eigenvalue weighted by atomic mass is 9.90. The summed E-state index contributed by atoms with van der Waals surface area (Å²) in [5.41, 5.74) is 0. The number of carbonyl (C=O) groups is 4. The van der Waals surface area contributed by atoms with E-state index in [2.05, 4.69) is 46.4 Å². The van der Waals surface area contributed by atoms with Gasteiger partial charge in [-0.25, -0.2) is 10.5 Å². The van der Waals surface area contributed by atoms with E-state index in [0.29, 0.717) is 25.7 Å². The molecule has 0 radical (unpaired) electrons. The summed E-state index contributed by atoms with van der Waals surface area (Å²) >= 11 is 0.101. The molecule has 34 nitrogen and oxygen atoms in total. The number of carbonyl (C=O) groups excluding carboxylic acids is 4. The maximum Gasteiger partial charge on any atom is 0.309 e. The topological polar surface area (TPSA) is 499 Å². The monoisotopic (exact) mass is 2050 g/mol. The number of rotatable bonds is 87. The Balaban J connectivity index is 0.000000720. The first kappa shape index (κ1) is 132. The van der Waals surface area contributed by atoms with Gasteiger partial charge in [0.25, 0.3) is 0 Å². The standard InChI is InChI=1S/2C52H98O17S/c1-6-8-10-12-14-16-18-19-20-21-23-25-27-29-31-33-40(55)38(4)34-39(5)50(60)65-48-46(64-49(59)37(3)32-30-28-26-24-22-17-15-13-11-9-7-2)44(57)42(36-54)63-52(48)66-51-47(67-70-69-68-61)45(58)43(56)41(35-53)62-51;1-5-7-9-11-13-15-17-19-20-22-23-25-27-29-31-33-40(55)38(3)35-39(4)50(60)65-47-45(58)42(37-54)63-52(66-51-48(67-70-69-68-61)46(59)44(57)41(36-53)62-51)49(47)64-43(56)34-32-30-28-26-24-21-18-16-14-12-10-8-6-2/h37-48,51-58,61H,6-36H2,1-5H3;38-42,44-49,51-55,57-59,61H,5-37H2,1-4H3. The van der Waals surface area contributed by atoms with Crippen LogP contribution in [0.2, 0.25) is 0 Å². The summed E-state index contributed by atoms with van der Waals surface area (Å²) in [5, 5.41) is 153. The van der Waals surface area contributed by atoms with E-state index in [-0.39, 0.29) is 55.7 Å². The van der Waals surface area contributed by atoms with Crippen molar-refractivity contribution >= 4 is 48.5 Å². The van der Waals surface area contributed by atoms with E-state index in [4.69, 9.17) is 66.2 Å². The predicted molar refractivity (Wildman–Crippen MR) is 533 cm³/mol. The number of esters is 4. The van der Waals surface area contributed by atoms with Crippen LogP contribution in [0, 0.1) is 29.6 Å². The van der Waals surface area contributed by atoms with Crippen molar-refractivity contribution in [2.45, 2.75) is 583 Å². The van der Waals surface area contributed by atoms with Crippen molar-refractivity contribution in [1.82, 2.24) is 0 Å². The van der Waals surface area contributed by atoms with E-state index in [0.717, 1.165) is 89.9 Å². The van der Waals surface area contributed by atoms with Crippen LogP contribution in [0.1, 0.15) is 448 Å². The summed E-state index contributed by atoms with van der Waals surface area (Å²) in [7, 11) is 0. The van der Waals surface area contributed by atoms with Crippen LogP contribution in [0.3, 0.4) is 0 Å². The molecule has 14 N–H and O–H groups in total. The summed E-state index contributed by atoms with van der Waals surface area (Å²) in [6.07, 6.45) is 32.7. The SMILES string of the molecule is CCCCCCCCCCCCCCCCCC(O)C(C)CC(C)C(=O)OC1C(O)C(CO)OC(OC2OC(CO)C(O)C(O)C2OSOOO)C1OC(=O)CCCCCCCCCCCCCCC.CCCCCCCCCCCCCCCCCC(O)C(C)CC(C)C(=O)OC1C(OC2OC(CO)C(O)C(O)C2OSOOO)OC(CO)C(O)C1OC(=O)C(C)CCCCCCCCCCCCC. The van der Waals surface area contributed by atoms with Crippen molar-refractivity contribution in [2.75, 3.05) is 26.4 Å². The summed E-state index contributed by atoms with van der Waals surface area (Å²) in [4.78, 5) is 55.1. The fourth-order valence-corrected chi connectivity index (χ4v) is 19.6. The zero-order valence-electron chi connectivity index (χ0n) is 87.1. The quantitative estimate of drug-likeness (QED) is 0.00671. The average molecular weight is 2050 g/mol. The Morgan fingerprint density at radius 2 is 0.507 bits per heavy atom. The highest BCUT2D eigenvalue weighted by molar-refractivity contribution is 7.89. The summed E-state index contributed by atoms with van der Waals surface area (Å²) in [6.45, 7) is 14.6. The van der Waals surface area contributed by atoms with E-state index in [1.165, 1.54) is 250 Å². The molecule has 0 aromatic carbocycles. The molecule has 27 atom stereocenters. The van der Waals surface area contributed by atoms with Gasteiger partial charge in [-0.05, 0) is 50.4 Å². The van der Waals surface area contributed by atoms with Crippen LogP contribution in [0.25, 0.3) is 0 Å². The fourth-order valence-electron chi connectivity index (χ4n) is 18.9. The van der Waals surface area contributed by atoms with Crippen LogP contribution in [-0.4, -0.2) is 257 Å². The molecule has 4 rings (SSSR count). The van der Waals surface area contributed by atoms with E-state index in [1.807, 2.05) is 13.8 Å². The highest BCUT2D eigenvalue weighted by Crippen LogP contribution is 2.39.